The summed E-state index contributed by atoms with van der Waals surface area (Å²) in [7, 11) is 0. The van der Waals surface area contributed by atoms with Gasteiger partial charge in [-0.3, -0.25) is 24.9 Å². The van der Waals surface area contributed by atoms with Gasteiger partial charge in [-0.25, -0.2) is 9.78 Å². The van der Waals surface area contributed by atoms with E-state index in [9.17, 15) is 22.8 Å². The van der Waals surface area contributed by atoms with E-state index >= 15 is 0 Å². The number of nitriles is 1. The second kappa shape index (κ2) is 15.2. The second-order valence-corrected chi connectivity index (χ2v) is 10.2. The van der Waals surface area contributed by atoms with Crippen LogP contribution < -0.4 is 10.4 Å². The highest BCUT2D eigenvalue weighted by Gasteiger charge is 2.38. The van der Waals surface area contributed by atoms with Crippen molar-refractivity contribution >= 4 is 35.3 Å². The van der Waals surface area contributed by atoms with Crippen molar-refractivity contribution in [2.24, 2.45) is 11.8 Å². The number of carboxylic acids is 2. The first-order chi connectivity index (χ1) is 19.2. The number of aliphatic carboxylic acids is 2. The topological polar surface area (TPSA) is 160 Å². The van der Waals surface area contributed by atoms with E-state index < -0.39 is 18.1 Å². The number of piperidine rings is 1. The SMILES string of the molecule is CC(C)CN(NC(=O)c1ccc(CN2CCCC(CC(=O)O)C2)cc1)c1nc(C#N)ncc1Cl.O=C(O)C(F)(F)F. The van der Waals surface area contributed by atoms with Crippen LogP contribution in [-0.2, 0) is 16.1 Å². The normalized spacial score (nSPS) is 15.3. The average Bonchev–Trinajstić information content (AvgIpc) is 2.88. The number of alkyl halides is 3. The van der Waals surface area contributed by atoms with E-state index in [-0.39, 0.29) is 40.8 Å². The van der Waals surface area contributed by atoms with Crippen LogP contribution in [0, 0.1) is 23.2 Å². The molecule has 0 bridgehead atoms. The van der Waals surface area contributed by atoms with Crippen LogP contribution in [0.1, 0.15) is 54.9 Å². The molecule has 15 heteroatoms. The zero-order valence-corrected chi connectivity index (χ0v) is 23.1. The molecule has 3 N–H and O–H groups in total. The minimum atomic E-state index is -5.08. The van der Waals surface area contributed by atoms with E-state index in [0.717, 1.165) is 31.5 Å². The first-order valence-corrected chi connectivity index (χ1v) is 12.9. The maximum Gasteiger partial charge on any atom is 0.490 e. The number of hydrazine groups is 1. The van der Waals surface area contributed by atoms with Gasteiger partial charge in [0, 0.05) is 31.6 Å². The van der Waals surface area contributed by atoms with Crippen molar-refractivity contribution in [3.05, 3.63) is 52.4 Å². The maximum absolute atomic E-state index is 13.0. The molecular formula is C26H30ClF3N6O5. The molecule has 1 aromatic heterocycles. The minimum absolute atomic E-state index is 0.0323. The van der Waals surface area contributed by atoms with Crippen LogP contribution in [0.5, 0.6) is 0 Å². The first-order valence-electron chi connectivity index (χ1n) is 12.5. The molecule has 2 aromatic rings. The Hall–Kier alpha value is -3.96. The molecule has 1 amide bonds. The van der Waals surface area contributed by atoms with E-state index in [1.165, 1.54) is 6.20 Å². The fraction of sp³-hybridized carbons (Fsp3) is 0.462. The van der Waals surface area contributed by atoms with Gasteiger partial charge in [0.25, 0.3) is 5.91 Å². The maximum atomic E-state index is 13.0. The van der Waals surface area contributed by atoms with Gasteiger partial charge in [-0.05, 0) is 48.9 Å². The number of nitrogens with one attached hydrogen (secondary N) is 1. The lowest BCUT2D eigenvalue weighted by atomic mass is 9.94. The number of hydrogen-bond donors (Lipinski definition) is 3. The summed E-state index contributed by atoms with van der Waals surface area (Å²) in [5.41, 5.74) is 4.38. The number of aromatic nitrogens is 2. The summed E-state index contributed by atoms with van der Waals surface area (Å²) in [4.78, 5) is 43.1. The largest absolute Gasteiger partial charge is 0.490 e. The molecule has 1 saturated heterocycles. The lowest BCUT2D eigenvalue weighted by Crippen LogP contribution is -2.45. The quantitative estimate of drug-likeness (QED) is 0.358. The van der Waals surface area contributed by atoms with Crippen LogP contribution in [-0.4, -0.2) is 68.7 Å². The molecule has 1 unspecified atom stereocenters. The molecule has 11 nitrogen and oxygen atoms in total. The second-order valence-electron chi connectivity index (χ2n) is 9.76. The zero-order valence-electron chi connectivity index (χ0n) is 22.4. The third-order valence-electron chi connectivity index (χ3n) is 5.80. The highest BCUT2D eigenvalue weighted by molar-refractivity contribution is 6.32. The van der Waals surface area contributed by atoms with E-state index in [2.05, 4.69) is 20.3 Å². The zero-order chi connectivity index (χ0) is 30.7. The number of rotatable bonds is 9. The molecule has 3 rings (SSSR count). The van der Waals surface area contributed by atoms with E-state index in [0.29, 0.717) is 18.7 Å². The Bertz CT molecular complexity index is 1250. The smallest absolute Gasteiger partial charge is 0.481 e. The van der Waals surface area contributed by atoms with Gasteiger partial charge in [0.05, 0.1) is 6.20 Å². The molecule has 1 aromatic carbocycles. The predicted octanol–water partition coefficient (Wildman–Crippen LogP) is 4.13. The van der Waals surface area contributed by atoms with Crippen molar-refractivity contribution in [1.29, 1.82) is 5.26 Å². The standard InChI is InChI=1S/C24H29ClN6O3.C2HF3O2/c1-16(2)13-31(23-20(25)12-27-21(11-26)28-23)29-24(34)19-7-5-17(6-8-19)14-30-9-3-4-18(15-30)10-22(32)33;3-2(4,5)1(6)7/h5-8,12,16,18H,3-4,9-10,13-15H2,1-2H3,(H,29,34)(H,32,33);(H,6,7). The van der Waals surface area contributed by atoms with Gasteiger partial charge in [0.1, 0.15) is 11.1 Å². The van der Waals surface area contributed by atoms with Gasteiger partial charge in [0.15, 0.2) is 5.82 Å². The van der Waals surface area contributed by atoms with Crippen LogP contribution in [0.25, 0.3) is 0 Å². The fourth-order valence-corrected chi connectivity index (χ4v) is 4.26. The highest BCUT2D eigenvalue weighted by atomic mass is 35.5. The van der Waals surface area contributed by atoms with Crippen LogP contribution in [0.15, 0.2) is 30.5 Å². The number of benzene rings is 1. The van der Waals surface area contributed by atoms with E-state index in [4.69, 9.17) is 31.9 Å². The fourth-order valence-electron chi connectivity index (χ4n) is 4.07. The lowest BCUT2D eigenvalue weighted by Gasteiger charge is -2.32. The summed E-state index contributed by atoms with van der Waals surface area (Å²) in [5, 5.41) is 27.1. The summed E-state index contributed by atoms with van der Waals surface area (Å²) < 4.78 is 31.7. The number of nitrogens with zero attached hydrogens (tertiary/aromatic N) is 5. The van der Waals surface area contributed by atoms with Crippen LogP contribution in [0.3, 0.4) is 0 Å². The number of anilines is 1. The molecule has 0 aliphatic carbocycles. The number of amides is 1. The summed E-state index contributed by atoms with van der Waals surface area (Å²) in [6, 6.07) is 9.23. The van der Waals surface area contributed by atoms with Crippen LogP contribution in [0.2, 0.25) is 5.02 Å². The predicted molar refractivity (Wildman–Crippen MR) is 142 cm³/mol. The molecule has 1 fully saturated rings. The monoisotopic (exact) mass is 598 g/mol. The third kappa shape index (κ3) is 11.2. The number of carboxylic acid groups (broad SMARTS) is 2. The Morgan fingerprint density at radius 2 is 1.88 bits per heavy atom. The first kappa shape index (κ1) is 33.2. The van der Waals surface area contributed by atoms with Crippen molar-refractivity contribution in [2.75, 3.05) is 24.6 Å². The van der Waals surface area contributed by atoms with E-state index in [1.807, 2.05) is 32.0 Å². The molecule has 0 saturated carbocycles. The Morgan fingerprint density at radius 3 is 2.41 bits per heavy atom. The van der Waals surface area contributed by atoms with Crippen molar-refractivity contribution in [2.45, 2.75) is 45.8 Å². The number of hydrogen-bond acceptors (Lipinski definition) is 8. The summed E-state index contributed by atoms with van der Waals surface area (Å²) in [5.74, 6) is -3.22. The van der Waals surface area contributed by atoms with Crippen molar-refractivity contribution in [3.63, 3.8) is 0 Å². The van der Waals surface area contributed by atoms with Crippen LogP contribution >= 0.6 is 11.6 Å². The number of likely N-dealkylation sites (tertiary alicyclic amines) is 1. The molecule has 222 valence electrons. The minimum Gasteiger partial charge on any atom is -0.481 e. The van der Waals surface area contributed by atoms with Crippen molar-refractivity contribution in [3.8, 4) is 6.07 Å². The van der Waals surface area contributed by atoms with Gasteiger partial charge in [-0.1, -0.05) is 37.6 Å². The Labute approximate surface area is 239 Å². The van der Waals surface area contributed by atoms with Gasteiger partial charge < -0.3 is 10.2 Å². The van der Waals surface area contributed by atoms with Gasteiger partial charge in [-0.15, -0.1) is 0 Å². The molecule has 2 heterocycles. The molecule has 1 aliphatic rings. The van der Waals surface area contributed by atoms with Gasteiger partial charge in [0.2, 0.25) is 5.82 Å². The Balaban J connectivity index is 0.000000745. The van der Waals surface area contributed by atoms with Crippen molar-refractivity contribution in [1.82, 2.24) is 20.3 Å². The van der Waals surface area contributed by atoms with Gasteiger partial charge >= 0.3 is 18.1 Å². The molecule has 1 atom stereocenters. The molecule has 0 radical (unpaired) electrons. The lowest BCUT2D eigenvalue weighted by molar-refractivity contribution is -0.192. The number of carbonyl (C=O) groups is 3. The Kier molecular flexibility index (Phi) is 12.3. The average molecular weight is 599 g/mol. The van der Waals surface area contributed by atoms with Gasteiger partial charge in [-0.2, -0.15) is 23.4 Å². The molecule has 0 spiro atoms. The number of halogens is 4. The molecule has 1 aliphatic heterocycles. The summed E-state index contributed by atoms with van der Waals surface area (Å²) >= 11 is 6.25. The Morgan fingerprint density at radius 1 is 1.24 bits per heavy atom. The molecule has 41 heavy (non-hydrogen) atoms. The highest BCUT2D eigenvalue weighted by Crippen LogP contribution is 2.23. The molecular weight excluding hydrogens is 569 g/mol. The third-order valence-corrected chi connectivity index (χ3v) is 6.06. The van der Waals surface area contributed by atoms with Crippen LogP contribution in [0.4, 0.5) is 19.0 Å². The summed E-state index contributed by atoms with van der Waals surface area (Å²) in [6.07, 6.45) is -1.60. The van der Waals surface area contributed by atoms with Crippen molar-refractivity contribution < 1.29 is 37.8 Å². The van der Waals surface area contributed by atoms with E-state index in [1.54, 1.807) is 17.1 Å². The summed E-state index contributed by atoms with van der Waals surface area (Å²) in [6.45, 7) is 6.85. The number of carbonyl (C=O) groups excluding carboxylic acids is 1.